The Bertz CT molecular complexity index is 144. The van der Waals surface area contributed by atoms with Crippen molar-refractivity contribution in [2.24, 2.45) is 11.8 Å². The summed E-state index contributed by atoms with van der Waals surface area (Å²) in [7, 11) is 0. The molecule has 2 nitrogen and oxygen atoms in total. The number of rotatable bonds is 6. The van der Waals surface area contributed by atoms with E-state index in [2.05, 4.69) is 29.8 Å². The maximum Gasteiger partial charge on any atom is 0.0809 e. The number of hydrogen-bond donors (Lipinski definition) is 0. The van der Waals surface area contributed by atoms with E-state index in [0.717, 1.165) is 25.2 Å². The van der Waals surface area contributed by atoms with Crippen molar-refractivity contribution in [3.05, 3.63) is 0 Å². The first-order chi connectivity index (χ1) is 6.74. The Labute approximate surface area is 95.5 Å². The topological polar surface area (TPSA) is 18.5 Å². The van der Waals surface area contributed by atoms with Crippen molar-refractivity contribution in [3.63, 3.8) is 0 Å². The summed E-state index contributed by atoms with van der Waals surface area (Å²) in [6.07, 6.45) is 2.72. The second-order valence-electron chi connectivity index (χ2n) is 4.33. The quantitative estimate of drug-likeness (QED) is 0.687. The molecule has 1 fully saturated rings. The van der Waals surface area contributed by atoms with Gasteiger partial charge in [0.05, 0.1) is 19.3 Å². The molecule has 1 heterocycles. The molecule has 2 unspecified atom stereocenters. The van der Waals surface area contributed by atoms with Crippen molar-refractivity contribution < 1.29 is 9.47 Å². The number of halogens is 1. The molecule has 0 aromatic carbocycles. The van der Waals surface area contributed by atoms with Crippen LogP contribution in [0.5, 0.6) is 0 Å². The minimum Gasteiger partial charge on any atom is -0.378 e. The molecule has 1 aliphatic rings. The monoisotopic (exact) mass is 264 g/mol. The van der Waals surface area contributed by atoms with E-state index >= 15 is 0 Å². The fourth-order valence-electron chi connectivity index (χ4n) is 1.54. The zero-order valence-corrected chi connectivity index (χ0v) is 10.8. The molecule has 0 aliphatic carbocycles. The molecule has 3 heteroatoms. The average Bonchev–Trinajstić information content (AvgIpc) is 2.64. The third-order valence-corrected chi connectivity index (χ3v) is 3.63. The molecule has 84 valence electrons. The normalized spacial score (nSPS) is 24.4. The highest BCUT2D eigenvalue weighted by molar-refractivity contribution is 9.09. The fourth-order valence-corrected chi connectivity index (χ4v) is 2.48. The lowest BCUT2D eigenvalue weighted by Crippen LogP contribution is -2.21. The van der Waals surface area contributed by atoms with E-state index in [-0.39, 0.29) is 0 Å². The number of hydrogen-bond acceptors (Lipinski definition) is 2. The van der Waals surface area contributed by atoms with Crippen molar-refractivity contribution in [2.75, 3.05) is 25.2 Å². The predicted molar refractivity (Wildman–Crippen MR) is 61.9 cm³/mol. The standard InChI is InChI=1S/C11H21BrO2/c1-9(2)10(6-12)7-13-8-11-4-3-5-14-11/h9-11H,3-8H2,1-2H3. The van der Waals surface area contributed by atoms with Crippen molar-refractivity contribution in [3.8, 4) is 0 Å². The molecule has 0 radical (unpaired) electrons. The maximum absolute atomic E-state index is 5.68. The Kier molecular flexibility index (Phi) is 6.06. The van der Waals surface area contributed by atoms with Crippen LogP contribution in [0.3, 0.4) is 0 Å². The largest absolute Gasteiger partial charge is 0.378 e. The smallest absolute Gasteiger partial charge is 0.0809 e. The lowest BCUT2D eigenvalue weighted by molar-refractivity contribution is 0.00302. The van der Waals surface area contributed by atoms with Gasteiger partial charge in [0.1, 0.15) is 0 Å². The van der Waals surface area contributed by atoms with Crippen LogP contribution >= 0.6 is 15.9 Å². The first kappa shape index (κ1) is 12.5. The van der Waals surface area contributed by atoms with Crippen molar-refractivity contribution >= 4 is 15.9 Å². The SMILES string of the molecule is CC(C)C(CBr)COCC1CCCO1. The Morgan fingerprint density at radius 2 is 2.29 bits per heavy atom. The average molecular weight is 265 g/mol. The molecule has 0 N–H and O–H groups in total. The molecule has 0 aromatic rings. The highest BCUT2D eigenvalue weighted by Crippen LogP contribution is 2.16. The summed E-state index contributed by atoms with van der Waals surface area (Å²) in [5, 5.41) is 1.02. The minimum absolute atomic E-state index is 0.359. The van der Waals surface area contributed by atoms with Crippen molar-refractivity contribution in [1.82, 2.24) is 0 Å². The van der Waals surface area contributed by atoms with Gasteiger partial charge in [0.25, 0.3) is 0 Å². The molecule has 1 saturated heterocycles. The van der Waals surface area contributed by atoms with Gasteiger partial charge in [0.2, 0.25) is 0 Å². The molecule has 0 bridgehead atoms. The zero-order chi connectivity index (χ0) is 10.4. The van der Waals surface area contributed by atoms with E-state index in [0.29, 0.717) is 17.9 Å². The van der Waals surface area contributed by atoms with Crippen LogP contribution in [0.1, 0.15) is 26.7 Å². The fraction of sp³-hybridized carbons (Fsp3) is 1.00. The molecule has 0 amide bonds. The first-order valence-electron chi connectivity index (χ1n) is 5.49. The van der Waals surface area contributed by atoms with Crippen LogP contribution in [0.4, 0.5) is 0 Å². The Hall–Kier alpha value is 0.400. The van der Waals surface area contributed by atoms with Crippen LogP contribution in [0.2, 0.25) is 0 Å². The van der Waals surface area contributed by atoms with Crippen LogP contribution in [-0.2, 0) is 9.47 Å². The summed E-state index contributed by atoms with van der Waals surface area (Å²) in [5.74, 6) is 1.30. The van der Waals surface area contributed by atoms with Crippen molar-refractivity contribution in [2.45, 2.75) is 32.8 Å². The zero-order valence-electron chi connectivity index (χ0n) is 9.17. The molecular formula is C11H21BrO2. The van der Waals surface area contributed by atoms with E-state index in [9.17, 15) is 0 Å². The van der Waals surface area contributed by atoms with Gasteiger partial charge in [0.15, 0.2) is 0 Å². The second-order valence-corrected chi connectivity index (χ2v) is 4.98. The van der Waals surface area contributed by atoms with E-state index in [1.807, 2.05) is 0 Å². The summed E-state index contributed by atoms with van der Waals surface area (Å²) in [6.45, 7) is 7.02. The highest BCUT2D eigenvalue weighted by Gasteiger charge is 2.17. The first-order valence-corrected chi connectivity index (χ1v) is 6.61. The van der Waals surface area contributed by atoms with E-state index in [1.165, 1.54) is 12.8 Å². The van der Waals surface area contributed by atoms with Gasteiger partial charge in [-0.15, -0.1) is 0 Å². The van der Waals surface area contributed by atoms with E-state index < -0.39 is 0 Å². The molecule has 1 rings (SSSR count). The summed E-state index contributed by atoms with van der Waals surface area (Å²) in [5.41, 5.74) is 0. The number of alkyl halides is 1. The van der Waals surface area contributed by atoms with Gasteiger partial charge in [-0.05, 0) is 24.7 Å². The van der Waals surface area contributed by atoms with Gasteiger partial charge < -0.3 is 9.47 Å². The van der Waals surface area contributed by atoms with Gasteiger partial charge in [0, 0.05) is 11.9 Å². The molecular weight excluding hydrogens is 244 g/mol. The van der Waals surface area contributed by atoms with Crippen LogP contribution in [0, 0.1) is 11.8 Å². The van der Waals surface area contributed by atoms with Gasteiger partial charge in [-0.25, -0.2) is 0 Å². The summed E-state index contributed by atoms with van der Waals surface area (Å²) >= 11 is 3.52. The molecule has 0 saturated carbocycles. The highest BCUT2D eigenvalue weighted by atomic mass is 79.9. The van der Waals surface area contributed by atoms with E-state index in [1.54, 1.807) is 0 Å². The van der Waals surface area contributed by atoms with Crippen LogP contribution < -0.4 is 0 Å². The molecule has 0 spiro atoms. The molecule has 2 atom stereocenters. The maximum atomic E-state index is 5.68. The van der Waals surface area contributed by atoms with Gasteiger partial charge >= 0.3 is 0 Å². The van der Waals surface area contributed by atoms with Gasteiger partial charge in [-0.3, -0.25) is 0 Å². The van der Waals surface area contributed by atoms with Crippen LogP contribution in [0.15, 0.2) is 0 Å². The lowest BCUT2D eigenvalue weighted by atomic mass is 9.99. The third kappa shape index (κ3) is 4.28. The van der Waals surface area contributed by atoms with Crippen LogP contribution in [-0.4, -0.2) is 31.3 Å². The lowest BCUT2D eigenvalue weighted by Gasteiger charge is -2.19. The summed E-state index contributed by atoms with van der Waals surface area (Å²) < 4.78 is 11.2. The second kappa shape index (κ2) is 6.81. The predicted octanol–water partition coefficient (Wildman–Crippen LogP) is 2.85. The molecule has 1 aliphatic heterocycles. The Morgan fingerprint density at radius 3 is 2.79 bits per heavy atom. The molecule has 0 aromatic heterocycles. The summed E-state index contributed by atoms with van der Waals surface area (Å²) in [6, 6.07) is 0. The molecule has 14 heavy (non-hydrogen) atoms. The Balaban J connectivity index is 2.06. The minimum atomic E-state index is 0.359. The van der Waals surface area contributed by atoms with Crippen molar-refractivity contribution in [1.29, 1.82) is 0 Å². The van der Waals surface area contributed by atoms with E-state index in [4.69, 9.17) is 9.47 Å². The van der Waals surface area contributed by atoms with Gasteiger partial charge in [-0.2, -0.15) is 0 Å². The number of ether oxygens (including phenoxy) is 2. The summed E-state index contributed by atoms with van der Waals surface area (Å²) in [4.78, 5) is 0. The van der Waals surface area contributed by atoms with Gasteiger partial charge in [-0.1, -0.05) is 29.8 Å². The van der Waals surface area contributed by atoms with Crippen LogP contribution in [0.25, 0.3) is 0 Å². The Morgan fingerprint density at radius 1 is 1.50 bits per heavy atom. The third-order valence-electron chi connectivity index (χ3n) is 2.80.